The summed E-state index contributed by atoms with van der Waals surface area (Å²) in [6.07, 6.45) is 4.47. The highest BCUT2D eigenvalue weighted by atomic mass is 16.6. The number of nitrogens with one attached hydrogen (secondary N) is 1. The molecule has 17 heavy (non-hydrogen) atoms. The van der Waals surface area contributed by atoms with Gasteiger partial charge in [0.05, 0.1) is 6.20 Å². The highest BCUT2D eigenvalue weighted by Crippen LogP contribution is 2.27. The van der Waals surface area contributed by atoms with Gasteiger partial charge in [0, 0.05) is 25.2 Å². The van der Waals surface area contributed by atoms with Crippen LogP contribution in [0.25, 0.3) is 0 Å². The van der Waals surface area contributed by atoms with E-state index < -0.39 is 5.60 Å². The van der Waals surface area contributed by atoms with Gasteiger partial charge in [0.1, 0.15) is 5.60 Å². The van der Waals surface area contributed by atoms with Crippen molar-refractivity contribution in [2.45, 2.75) is 38.7 Å². The summed E-state index contributed by atoms with van der Waals surface area (Å²) in [5.74, 6) is 0.376. The van der Waals surface area contributed by atoms with Crippen LogP contribution in [0.2, 0.25) is 0 Å². The predicted octanol–water partition coefficient (Wildman–Crippen LogP) is 2.13. The van der Waals surface area contributed by atoms with Crippen LogP contribution in [-0.4, -0.2) is 39.9 Å². The molecule has 1 aliphatic heterocycles. The van der Waals surface area contributed by atoms with Gasteiger partial charge in [0.15, 0.2) is 0 Å². The number of nitrogens with zero attached hydrogens (tertiary/aromatic N) is 2. The minimum absolute atomic E-state index is 0.219. The maximum absolute atomic E-state index is 11.9. The molecule has 0 saturated carbocycles. The molecule has 1 fully saturated rings. The summed E-state index contributed by atoms with van der Waals surface area (Å²) in [5.41, 5.74) is 0.737. The molecule has 2 heterocycles. The molecule has 1 aromatic heterocycles. The van der Waals surface area contributed by atoms with Crippen molar-refractivity contribution in [1.82, 2.24) is 15.1 Å². The molecule has 1 aliphatic rings. The Morgan fingerprint density at radius 1 is 1.59 bits per heavy atom. The van der Waals surface area contributed by atoms with Gasteiger partial charge in [0.2, 0.25) is 0 Å². The van der Waals surface area contributed by atoms with E-state index in [0.717, 1.165) is 18.5 Å². The number of aromatic amines is 1. The van der Waals surface area contributed by atoms with Crippen molar-refractivity contribution in [3.63, 3.8) is 0 Å². The third kappa shape index (κ3) is 2.99. The van der Waals surface area contributed by atoms with Crippen LogP contribution in [0.5, 0.6) is 0 Å². The second-order valence-electron chi connectivity index (χ2n) is 5.44. The van der Waals surface area contributed by atoms with Crippen LogP contribution in [0.4, 0.5) is 4.79 Å². The summed E-state index contributed by atoms with van der Waals surface area (Å²) in [6.45, 7) is 7.12. The average molecular weight is 237 g/mol. The first kappa shape index (κ1) is 12.0. The molecule has 1 N–H and O–H groups in total. The molecule has 5 nitrogen and oxygen atoms in total. The summed E-state index contributed by atoms with van der Waals surface area (Å²) in [6, 6.07) is 0. The van der Waals surface area contributed by atoms with Crippen molar-refractivity contribution in [3.05, 3.63) is 18.0 Å². The average Bonchev–Trinajstić information content (AvgIpc) is 2.86. The van der Waals surface area contributed by atoms with Gasteiger partial charge in [-0.2, -0.15) is 5.10 Å². The molecule has 0 spiro atoms. The van der Waals surface area contributed by atoms with Gasteiger partial charge in [-0.25, -0.2) is 4.79 Å². The third-order valence-corrected chi connectivity index (χ3v) is 2.83. The monoisotopic (exact) mass is 237 g/mol. The van der Waals surface area contributed by atoms with Crippen molar-refractivity contribution >= 4 is 6.09 Å². The van der Waals surface area contributed by atoms with Crippen molar-refractivity contribution in [2.75, 3.05) is 13.1 Å². The summed E-state index contributed by atoms with van der Waals surface area (Å²) in [4.78, 5) is 13.6. The van der Waals surface area contributed by atoms with E-state index in [4.69, 9.17) is 4.74 Å². The number of carbonyl (C=O) groups is 1. The Bertz CT molecular complexity index is 381. The standard InChI is InChI=1S/C12H19N3O2/c1-12(2,3)17-11(16)15-5-4-9(8-15)10-6-13-14-7-10/h6-7,9H,4-5,8H2,1-3H3,(H,13,14)/t9-/m1/s1. The fourth-order valence-electron chi connectivity index (χ4n) is 2.01. The molecule has 0 aliphatic carbocycles. The van der Waals surface area contributed by atoms with E-state index in [1.54, 1.807) is 4.90 Å². The second-order valence-corrected chi connectivity index (χ2v) is 5.44. The number of amides is 1. The van der Waals surface area contributed by atoms with E-state index >= 15 is 0 Å². The Hall–Kier alpha value is -1.52. The topological polar surface area (TPSA) is 58.2 Å². The number of rotatable bonds is 1. The molecular formula is C12H19N3O2. The molecule has 5 heteroatoms. The summed E-state index contributed by atoms with van der Waals surface area (Å²) >= 11 is 0. The molecule has 1 saturated heterocycles. The van der Waals surface area contributed by atoms with Gasteiger partial charge < -0.3 is 9.64 Å². The lowest BCUT2D eigenvalue weighted by Gasteiger charge is -2.24. The maximum Gasteiger partial charge on any atom is 0.410 e. The van der Waals surface area contributed by atoms with Crippen LogP contribution in [0.15, 0.2) is 12.4 Å². The van der Waals surface area contributed by atoms with Crippen LogP contribution >= 0.6 is 0 Å². The third-order valence-electron chi connectivity index (χ3n) is 2.83. The minimum atomic E-state index is -0.426. The molecule has 0 bridgehead atoms. The lowest BCUT2D eigenvalue weighted by atomic mass is 10.0. The summed E-state index contributed by atoms with van der Waals surface area (Å²) < 4.78 is 5.35. The lowest BCUT2D eigenvalue weighted by molar-refractivity contribution is 0.0292. The molecular weight excluding hydrogens is 218 g/mol. The van der Waals surface area contributed by atoms with Gasteiger partial charge in [-0.15, -0.1) is 0 Å². The zero-order chi connectivity index (χ0) is 12.5. The summed E-state index contributed by atoms with van der Waals surface area (Å²) in [7, 11) is 0. The van der Waals surface area contributed by atoms with Crippen LogP contribution in [-0.2, 0) is 4.74 Å². The van der Waals surface area contributed by atoms with Crippen molar-refractivity contribution < 1.29 is 9.53 Å². The highest BCUT2D eigenvalue weighted by molar-refractivity contribution is 5.68. The van der Waals surface area contributed by atoms with Crippen molar-refractivity contribution in [3.8, 4) is 0 Å². The van der Waals surface area contributed by atoms with Crippen LogP contribution in [0.1, 0.15) is 38.7 Å². The van der Waals surface area contributed by atoms with E-state index in [9.17, 15) is 4.79 Å². The van der Waals surface area contributed by atoms with Crippen molar-refractivity contribution in [1.29, 1.82) is 0 Å². The Kier molecular flexibility index (Phi) is 3.09. The van der Waals surface area contributed by atoms with Gasteiger partial charge in [0.25, 0.3) is 0 Å². The largest absolute Gasteiger partial charge is 0.444 e. The molecule has 2 rings (SSSR count). The summed E-state index contributed by atoms with van der Waals surface area (Å²) in [5, 5.41) is 6.74. The number of likely N-dealkylation sites (tertiary alicyclic amines) is 1. The molecule has 94 valence electrons. The fourth-order valence-corrected chi connectivity index (χ4v) is 2.01. The minimum Gasteiger partial charge on any atom is -0.444 e. The highest BCUT2D eigenvalue weighted by Gasteiger charge is 2.30. The number of ether oxygens (including phenoxy) is 1. The molecule has 0 radical (unpaired) electrons. The van der Waals surface area contributed by atoms with Gasteiger partial charge in [-0.3, -0.25) is 5.10 Å². The van der Waals surface area contributed by atoms with Gasteiger partial charge in [-0.05, 0) is 32.8 Å². The van der Waals surface area contributed by atoms with E-state index in [0.29, 0.717) is 12.5 Å². The zero-order valence-electron chi connectivity index (χ0n) is 10.6. The van der Waals surface area contributed by atoms with E-state index in [1.807, 2.05) is 33.2 Å². The first-order valence-corrected chi connectivity index (χ1v) is 5.92. The fraction of sp³-hybridized carbons (Fsp3) is 0.667. The first-order valence-electron chi connectivity index (χ1n) is 5.92. The number of hydrogen-bond acceptors (Lipinski definition) is 3. The smallest absolute Gasteiger partial charge is 0.410 e. The van der Waals surface area contributed by atoms with E-state index in [-0.39, 0.29) is 6.09 Å². The van der Waals surface area contributed by atoms with Crippen LogP contribution in [0, 0.1) is 0 Å². The Morgan fingerprint density at radius 2 is 2.35 bits per heavy atom. The normalized spacial score (nSPS) is 20.6. The lowest BCUT2D eigenvalue weighted by Crippen LogP contribution is -2.35. The SMILES string of the molecule is CC(C)(C)OC(=O)N1CC[C@@H](c2cn[nH]c2)C1. The molecule has 1 amide bonds. The Labute approximate surface area is 101 Å². The molecule has 1 aromatic rings. The van der Waals surface area contributed by atoms with Gasteiger partial charge >= 0.3 is 6.09 Å². The van der Waals surface area contributed by atoms with Gasteiger partial charge in [-0.1, -0.05) is 0 Å². The Morgan fingerprint density at radius 3 is 2.94 bits per heavy atom. The zero-order valence-corrected chi connectivity index (χ0v) is 10.6. The Balaban J connectivity index is 1.92. The molecule has 1 atom stereocenters. The second kappa shape index (κ2) is 4.39. The molecule has 0 aromatic carbocycles. The number of H-pyrrole nitrogens is 1. The quantitative estimate of drug-likeness (QED) is 0.814. The number of hydrogen-bond donors (Lipinski definition) is 1. The van der Waals surface area contributed by atoms with Crippen LogP contribution < -0.4 is 0 Å². The van der Waals surface area contributed by atoms with E-state index in [1.165, 1.54) is 0 Å². The maximum atomic E-state index is 11.9. The molecule has 0 unspecified atom stereocenters. The predicted molar refractivity (Wildman–Crippen MR) is 63.8 cm³/mol. The van der Waals surface area contributed by atoms with E-state index in [2.05, 4.69) is 10.2 Å². The number of aromatic nitrogens is 2. The van der Waals surface area contributed by atoms with Crippen molar-refractivity contribution in [2.24, 2.45) is 0 Å². The first-order chi connectivity index (χ1) is 7.96. The van der Waals surface area contributed by atoms with Crippen LogP contribution in [0.3, 0.4) is 0 Å². The number of carbonyl (C=O) groups excluding carboxylic acids is 1.